The number of ether oxygens (including phenoxy) is 1. The Morgan fingerprint density at radius 2 is 1.95 bits per heavy atom. The molecule has 1 aromatic carbocycles. The van der Waals surface area contributed by atoms with Crippen molar-refractivity contribution in [1.29, 1.82) is 0 Å². The minimum atomic E-state index is -0.920. The standard InChI is InChI=1S/C16H25NO3/c1-4-15(16(18)19)20-14-10-8-13(9-11-14)7-6-12(3)17-5-2/h8-12,15,17H,4-7H2,1-3H3,(H,18,19). The summed E-state index contributed by atoms with van der Waals surface area (Å²) in [5, 5.41) is 12.3. The lowest BCUT2D eigenvalue weighted by molar-refractivity contribution is -0.145. The van der Waals surface area contributed by atoms with E-state index < -0.39 is 12.1 Å². The number of hydrogen-bond acceptors (Lipinski definition) is 3. The van der Waals surface area contributed by atoms with Gasteiger partial charge >= 0.3 is 5.97 Å². The Morgan fingerprint density at radius 1 is 1.30 bits per heavy atom. The van der Waals surface area contributed by atoms with E-state index in [-0.39, 0.29) is 0 Å². The van der Waals surface area contributed by atoms with Crippen LogP contribution in [0.2, 0.25) is 0 Å². The molecular weight excluding hydrogens is 254 g/mol. The van der Waals surface area contributed by atoms with Gasteiger partial charge in [0.15, 0.2) is 6.10 Å². The summed E-state index contributed by atoms with van der Waals surface area (Å²) in [6.45, 7) is 7.08. The van der Waals surface area contributed by atoms with E-state index in [1.807, 2.05) is 24.3 Å². The maximum absolute atomic E-state index is 10.9. The van der Waals surface area contributed by atoms with Crippen molar-refractivity contribution in [2.45, 2.75) is 52.2 Å². The molecule has 1 aromatic rings. The Labute approximate surface area is 121 Å². The zero-order chi connectivity index (χ0) is 15.0. The van der Waals surface area contributed by atoms with Crippen molar-refractivity contribution in [2.24, 2.45) is 0 Å². The lowest BCUT2D eigenvalue weighted by Gasteiger charge is -2.14. The summed E-state index contributed by atoms with van der Waals surface area (Å²) in [6, 6.07) is 8.20. The minimum Gasteiger partial charge on any atom is -0.479 e. The normalized spacial score (nSPS) is 13.8. The van der Waals surface area contributed by atoms with Crippen LogP contribution in [0, 0.1) is 0 Å². The fourth-order valence-corrected chi connectivity index (χ4v) is 2.04. The van der Waals surface area contributed by atoms with Crippen LogP contribution in [-0.2, 0) is 11.2 Å². The second-order valence-corrected chi connectivity index (χ2v) is 4.99. The van der Waals surface area contributed by atoms with Crippen LogP contribution >= 0.6 is 0 Å². The molecule has 0 fully saturated rings. The number of aliphatic carboxylic acids is 1. The van der Waals surface area contributed by atoms with Gasteiger partial charge in [0, 0.05) is 6.04 Å². The molecule has 0 saturated heterocycles. The first-order chi connectivity index (χ1) is 9.56. The maximum atomic E-state index is 10.9. The molecule has 0 radical (unpaired) electrons. The summed E-state index contributed by atoms with van der Waals surface area (Å²) in [4.78, 5) is 10.9. The van der Waals surface area contributed by atoms with Gasteiger partial charge < -0.3 is 15.2 Å². The number of carbonyl (C=O) groups is 1. The van der Waals surface area contributed by atoms with Gasteiger partial charge in [0.25, 0.3) is 0 Å². The van der Waals surface area contributed by atoms with E-state index in [4.69, 9.17) is 9.84 Å². The van der Waals surface area contributed by atoms with Gasteiger partial charge in [-0.3, -0.25) is 0 Å². The SMILES string of the molecule is CCNC(C)CCc1ccc(OC(CC)C(=O)O)cc1. The number of carboxylic acid groups (broad SMARTS) is 1. The third-order valence-corrected chi connectivity index (χ3v) is 3.27. The molecule has 0 aromatic heterocycles. The zero-order valence-corrected chi connectivity index (χ0v) is 12.6. The van der Waals surface area contributed by atoms with E-state index >= 15 is 0 Å². The molecule has 0 heterocycles. The second-order valence-electron chi connectivity index (χ2n) is 4.99. The second kappa shape index (κ2) is 8.59. The molecule has 2 N–H and O–H groups in total. The Bertz CT molecular complexity index is 403. The molecule has 0 saturated carbocycles. The Balaban J connectivity index is 2.49. The predicted octanol–water partition coefficient (Wildman–Crippen LogP) is 2.86. The molecule has 0 amide bonds. The number of benzene rings is 1. The van der Waals surface area contributed by atoms with E-state index in [1.165, 1.54) is 5.56 Å². The Morgan fingerprint density at radius 3 is 2.45 bits per heavy atom. The number of carboxylic acids is 1. The highest BCUT2D eigenvalue weighted by atomic mass is 16.5. The molecule has 112 valence electrons. The van der Waals surface area contributed by atoms with E-state index in [1.54, 1.807) is 6.92 Å². The first-order valence-corrected chi connectivity index (χ1v) is 7.28. The van der Waals surface area contributed by atoms with Crippen molar-refractivity contribution in [2.75, 3.05) is 6.54 Å². The molecule has 2 unspecified atom stereocenters. The van der Waals surface area contributed by atoms with Gasteiger partial charge in [-0.25, -0.2) is 4.79 Å². The van der Waals surface area contributed by atoms with Crippen LogP contribution < -0.4 is 10.1 Å². The van der Waals surface area contributed by atoms with Gasteiger partial charge in [-0.1, -0.05) is 26.0 Å². The van der Waals surface area contributed by atoms with Gasteiger partial charge in [0.1, 0.15) is 5.75 Å². The average Bonchev–Trinajstić information content (AvgIpc) is 2.43. The first kappa shape index (κ1) is 16.5. The van der Waals surface area contributed by atoms with Crippen LogP contribution in [0.25, 0.3) is 0 Å². The van der Waals surface area contributed by atoms with Crippen molar-refractivity contribution in [3.8, 4) is 5.75 Å². The van der Waals surface area contributed by atoms with Crippen LogP contribution in [0.4, 0.5) is 0 Å². The highest BCUT2D eigenvalue weighted by Gasteiger charge is 2.16. The monoisotopic (exact) mass is 279 g/mol. The summed E-state index contributed by atoms with van der Waals surface area (Å²) in [5.74, 6) is -0.307. The highest BCUT2D eigenvalue weighted by molar-refractivity contribution is 5.72. The van der Waals surface area contributed by atoms with E-state index in [0.29, 0.717) is 18.2 Å². The van der Waals surface area contributed by atoms with Gasteiger partial charge in [-0.2, -0.15) is 0 Å². The van der Waals surface area contributed by atoms with Gasteiger partial charge in [0.2, 0.25) is 0 Å². The number of aryl methyl sites for hydroxylation is 1. The predicted molar refractivity (Wildman–Crippen MR) is 80.2 cm³/mol. The first-order valence-electron chi connectivity index (χ1n) is 7.28. The molecule has 0 spiro atoms. The van der Waals surface area contributed by atoms with Crippen LogP contribution in [0.15, 0.2) is 24.3 Å². The summed E-state index contributed by atoms with van der Waals surface area (Å²) in [7, 11) is 0. The molecular formula is C16H25NO3. The van der Waals surface area contributed by atoms with Gasteiger partial charge in [0.05, 0.1) is 0 Å². The summed E-state index contributed by atoms with van der Waals surface area (Å²) in [5.41, 5.74) is 1.24. The smallest absolute Gasteiger partial charge is 0.344 e. The molecule has 2 atom stereocenters. The van der Waals surface area contributed by atoms with E-state index in [9.17, 15) is 4.79 Å². The number of nitrogens with one attached hydrogen (secondary N) is 1. The minimum absolute atomic E-state index is 0.456. The van der Waals surface area contributed by atoms with Crippen LogP contribution in [0.1, 0.15) is 39.2 Å². The highest BCUT2D eigenvalue weighted by Crippen LogP contribution is 2.16. The molecule has 0 aliphatic heterocycles. The van der Waals surface area contributed by atoms with Crippen molar-refractivity contribution in [3.63, 3.8) is 0 Å². The summed E-state index contributed by atoms with van der Waals surface area (Å²) >= 11 is 0. The molecule has 0 aliphatic rings. The van der Waals surface area contributed by atoms with Crippen molar-refractivity contribution < 1.29 is 14.6 Å². The number of hydrogen-bond donors (Lipinski definition) is 2. The summed E-state index contributed by atoms with van der Waals surface area (Å²) in [6.07, 6.45) is 1.78. The molecule has 20 heavy (non-hydrogen) atoms. The summed E-state index contributed by atoms with van der Waals surface area (Å²) < 4.78 is 5.43. The number of rotatable bonds is 9. The van der Waals surface area contributed by atoms with Crippen molar-refractivity contribution in [3.05, 3.63) is 29.8 Å². The van der Waals surface area contributed by atoms with Gasteiger partial charge in [-0.15, -0.1) is 0 Å². The lowest BCUT2D eigenvalue weighted by Crippen LogP contribution is -2.26. The third kappa shape index (κ3) is 5.61. The Kier molecular flexibility index (Phi) is 7.09. The molecule has 4 nitrogen and oxygen atoms in total. The van der Waals surface area contributed by atoms with Crippen molar-refractivity contribution >= 4 is 5.97 Å². The molecule has 0 aliphatic carbocycles. The quantitative estimate of drug-likeness (QED) is 0.730. The van der Waals surface area contributed by atoms with E-state index in [0.717, 1.165) is 19.4 Å². The average molecular weight is 279 g/mol. The molecule has 0 bridgehead atoms. The van der Waals surface area contributed by atoms with E-state index in [2.05, 4.69) is 19.2 Å². The van der Waals surface area contributed by atoms with Crippen LogP contribution in [0.5, 0.6) is 5.75 Å². The lowest BCUT2D eigenvalue weighted by atomic mass is 10.1. The van der Waals surface area contributed by atoms with Crippen LogP contribution in [0.3, 0.4) is 0 Å². The largest absolute Gasteiger partial charge is 0.479 e. The molecule has 1 rings (SSSR count). The Hall–Kier alpha value is -1.55. The third-order valence-electron chi connectivity index (χ3n) is 3.27. The van der Waals surface area contributed by atoms with Crippen molar-refractivity contribution in [1.82, 2.24) is 5.32 Å². The van der Waals surface area contributed by atoms with Gasteiger partial charge in [-0.05, 0) is 50.4 Å². The maximum Gasteiger partial charge on any atom is 0.344 e. The zero-order valence-electron chi connectivity index (χ0n) is 12.6. The fourth-order valence-electron chi connectivity index (χ4n) is 2.04. The fraction of sp³-hybridized carbons (Fsp3) is 0.562. The topological polar surface area (TPSA) is 58.6 Å². The van der Waals surface area contributed by atoms with Crippen LogP contribution in [-0.4, -0.2) is 29.8 Å². The molecule has 4 heteroatoms.